The molecule has 0 aromatic heterocycles. The van der Waals surface area contributed by atoms with E-state index >= 15 is 0 Å². The molecule has 6 nitrogen and oxygen atoms in total. The highest BCUT2D eigenvalue weighted by Gasteiger charge is 2.29. The van der Waals surface area contributed by atoms with Gasteiger partial charge in [-0.1, -0.05) is 19.9 Å². The van der Waals surface area contributed by atoms with Gasteiger partial charge in [0.05, 0.1) is 6.42 Å². The van der Waals surface area contributed by atoms with Crippen molar-refractivity contribution in [1.29, 1.82) is 0 Å². The maximum Gasteiger partial charge on any atom is 0.391 e. The highest BCUT2D eigenvalue weighted by Crippen LogP contribution is 2.42. The molecular weight excluding hydrogens is 295 g/mol. The van der Waals surface area contributed by atoms with Crippen molar-refractivity contribution in [3.05, 3.63) is 28.8 Å². The van der Waals surface area contributed by atoms with Crippen LogP contribution in [0.5, 0.6) is 5.75 Å². The second-order valence-corrected chi connectivity index (χ2v) is 6.26. The van der Waals surface area contributed by atoms with E-state index < -0.39 is 20.0 Å². The Balaban J connectivity index is 3.47. The standard InChI is InChI=1S/C14H21O6P/c1-9-6-10(8-12(16)17)13(14(2,3)4-5-15)11(7-9)20-21(18)19/h6-7,15,18-19H,4-5,8H2,1-3H3,(H,16,17). The minimum absolute atomic E-state index is 0.0696. The second kappa shape index (κ2) is 7.18. The number of carboxylic acid groups (broad SMARTS) is 1. The Morgan fingerprint density at radius 3 is 2.43 bits per heavy atom. The van der Waals surface area contributed by atoms with Crippen molar-refractivity contribution in [2.45, 2.75) is 39.0 Å². The first kappa shape index (κ1) is 17.9. The van der Waals surface area contributed by atoms with Crippen molar-refractivity contribution < 1.29 is 29.3 Å². The second-order valence-electron chi connectivity index (χ2n) is 5.57. The molecule has 0 atom stereocenters. The van der Waals surface area contributed by atoms with Crippen molar-refractivity contribution in [3.63, 3.8) is 0 Å². The summed E-state index contributed by atoms with van der Waals surface area (Å²) < 4.78 is 5.08. The van der Waals surface area contributed by atoms with Gasteiger partial charge in [-0.25, -0.2) is 0 Å². The van der Waals surface area contributed by atoms with E-state index in [-0.39, 0.29) is 18.8 Å². The number of aliphatic carboxylic acids is 1. The SMILES string of the molecule is Cc1cc(CC(=O)O)c(C(C)(C)CCO)c(OP(O)O)c1. The minimum Gasteiger partial charge on any atom is -0.481 e. The van der Waals surface area contributed by atoms with Crippen molar-refractivity contribution >= 4 is 14.6 Å². The van der Waals surface area contributed by atoms with E-state index in [0.29, 0.717) is 17.5 Å². The van der Waals surface area contributed by atoms with E-state index in [1.54, 1.807) is 19.1 Å². The van der Waals surface area contributed by atoms with Crippen molar-refractivity contribution in [1.82, 2.24) is 0 Å². The third-order valence-corrected chi connectivity index (χ3v) is 3.62. The van der Waals surface area contributed by atoms with Crippen LogP contribution >= 0.6 is 8.60 Å². The third kappa shape index (κ3) is 4.93. The average molecular weight is 316 g/mol. The molecule has 0 aliphatic rings. The summed E-state index contributed by atoms with van der Waals surface area (Å²) in [5.41, 5.74) is 1.34. The number of aliphatic hydroxyl groups excluding tert-OH is 1. The Hall–Kier alpha value is -1.20. The number of carboxylic acids is 1. The van der Waals surface area contributed by atoms with Crippen LogP contribution < -0.4 is 4.52 Å². The average Bonchev–Trinajstić information content (AvgIpc) is 2.25. The Labute approximate surface area is 125 Å². The molecule has 0 saturated heterocycles. The van der Waals surface area contributed by atoms with Gasteiger partial charge in [0.25, 0.3) is 0 Å². The van der Waals surface area contributed by atoms with Gasteiger partial charge in [-0.05, 0) is 36.0 Å². The van der Waals surface area contributed by atoms with Crippen LogP contribution in [-0.2, 0) is 16.6 Å². The summed E-state index contributed by atoms with van der Waals surface area (Å²) in [5.74, 6) is -0.733. The van der Waals surface area contributed by atoms with Crippen LogP contribution in [0.3, 0.4) is 0 Å². The smallest absolute Gasteiger partial charge is 0.391 e. The number of aryl methyl sites for hydroxylation is 1. The molecule has 118 valence electrons. The molecule has 4 N–H and O–H groups in total. The van der Waals surface area contributed by atoms with E-state index in [1.807, 2.05) is 13.8 Å². The van der Waals surface area contributed by atoms with E-state index in [9.17, 15) is 9.90 Å². The van der Waals surface area contributed by atoms with Crippen LogP contribution in [-0.4, -0.2) is 32.6 Å². The molecule has 1 rings (SSSR count). The lowest BCUT2D eigenvalue weighted by Crippen LogP contribution is -2.23. The molecule has 0 saturated carbocycles. The monoisotopic (exact) mass is 316 g/mol. The van der Waals surface area contributed by atoms with E-state index in [2.05, 4.69) is 0 Å². The first-order valence-corrected chi connectivity index (χ1v) is 7.66. The fraction of sp³-hybridized carbons (Fsp3) is 0.500. The predicted molar refractivity (Wildman–Crippen MR) is 79.2 cm³/mol. The van der Waals surface area contributed by atoms with Crippen LogP contribution in [0.25, 0.3) is 0 Å². The summed E-state index contributed by atoms with van der Waals surface area (Å²) in [6.07, 6.45) is 0.199. The first-order valence-electron chi connectivity index (χ1n) is 6.50. The van der Waals surface area contributed by atoms with Gasteiger partial charge in [0.15, 0.2) is 0 Å². The number of rotatable bonds is 7. The van der Waals surface area contributed by atoms with Gasteiger partial charge in [-0.3, -0.25) is 4.79 Å². The number of aliphatic hydroxyl groups is 1. The van der Waals surface area contributed by atoms with E-state index in [0.717, 1.165) is 5.56 Å². The molecule has 0 radical (unpaired) electrons. The maximum atomic E-state index is 11.1. The topological polar surface area (TPSA) is 107 Å². The van der Waals surface area contributed by atoms with Crippen LogP contribution in [0.1, 0.15) is 37.0 Å². The largest absolute Gasteiger partial charge is 0.481 e. The summed E-state index contributed by atoms with van der Waals surface area (Å²) in [7, 11) is -2.60. The van der Waals surface area contributed by atoms with Crippen LogP contribution in [0.15, 0.2) is 12.1 Å². The molecular formula is C14H21O6P. The Bertz CT molecular complexity index is 512. The molecule has 0 unspecified atom stereocenters. The van der Waals surface area contributed by atoms with Crippen molar-refractivity contribution in [2.75, 3.05) is 6.61 Å². The summed E-state index contributed by atoms with van der Waals surface area (Å²) in [5, 5.41) is 18.3. The van der Waals surface area contributed by atoms with Gasteiger partial charge in [0, 0.05) is 12.2 Å². The molecule has 0 fully saturated rings. The molecule has 0 aliphatic heterocycles. The maximum absolute atomic E-state index is 11.1. The lowest BCUT2D eigenvalue weighted by atomic mass is 9.77. The van der Waals surface area contributed by atoms with Crippen molar-refractivity contribution in [2.24, 2.45) is 0 Å². The van der Waals surface area contributed by atoms with Crippen LogP contribution in [0.2, 0.25) is 0 Å². The van der Waals surface area contributed by atoms with Gasteiger partial charge >= 0.3 is 14.6 Å². The molecule has 1 aromatic rings. The summed E-state index contributed by atoms with van der Waals surface area (Å²) in [6.45, 7) is 5.41. The molecule has 1 aromatic carbocycles. The Morgan fingerprint density at radius 1 is 1.33 bits per heavy atom. The normalized spacial score (nSPS) is 11.8. The lowest BCUT2D eigenvalue weighted by molar-refractivity contribution is -0.136. The quantitative estimate of drug-likeness (QED) is 0.572. The van der Waals surface area contributed by atoms with Gasteiger partial charge in [-0.15, -0.1) is 0 Å². The molecule has 0 bridgehead atoms. The number of hydrogen-bond donors (Lipinski definition) is 4. The third-order valence-electron chi connectivity index (χ3n) is 3.26. The zero-order valence-electron chi connectivity index (χ0n) is 12.3. The number of carbonyl (C=O) groups is 1. The minimum atomic E-state index is -2.60. The van der Waals surface area contributed by atoms with Gasteiger partial charge < -0.3 is 24.5 Å². The fourth-order valence-electron chi connectivity index (χ4n) is 2.46. The zero-order valence-corrected chi connectivity index (χ0v) is 13.2. The summed E-state index contributed by atoms with van der Waals surface area (Å²) >= 11 is 0. The number of benzene rings is 1. The molecule has 7 heteroatoms. The fourth-order valence-corrected chi connectivity index (χ4v) is 2.78. The van der Waals surface area contributed by atoms with Crippen LogP contribution in [0, 0.1) is 6.92 Å². The first-order chi connectivity index (χ1) is 9.67. The lowest BCUT2D eigenvalue weighted by Gasteiger charge is -2.29. The van der Waals surface area contributed by atoms with E-state index in [4.69, 9.17) is 19.4 Å². The molecule has 0 spiro atoms. The Morgan fingerprint density at radius 2 is 1.95 bits per heavy atom. The molecule has 21 heavy (non-hydrogen) atoms. The summed E-state index contributed by atoms with van der Waals surface area (Å²) in [6, 6.07) is 3.38. The highest BCUT2D eigenvalue weighted by atomic mass is 31.2. The van der Waals surface area contributed by atoms with Gasteiger partial charge in [-0.2, -0.15) is 0 Å². The number of hydrogen-bond acceptors (Lipinski definition) is 5. The predicted octanol–water partition coefficient (Wildman–Crippen LogP) is 1.87. The zero-order chi connectivity index (χ0) is 16.2. The highest BCUT2D eigenvalue weighted by molar-refractivity contribution is 7.39. The Kier molecular flexibility index (Phi) is 6.10. The van der Waals surface area contributed by atoms with E-state index in [1.165, 1.54) is 0 Å². The molecule has 0 aliphatic carbocycles. The van der Waals surface area contributed by atoms with Gasteiger partial charge in [0.1, 0.15) is 5.75 Å². The molecule has 0 heterocycles. The van der Waals surface area contributed by atoms with Crippen LogP contribution in [0.4, 0.5) is 0 Å². The summed E-state index contributed by atoms with van der Waals surface area (Å²) in [4.78, 5) is 29.3. The van der Waals surface area contributed by atoms with Crippen molar-refractivity contribution in [3.8, 4) is 5.75 Å². The van der Waals surface area contributed by atoms with Gasteiger partial charge in [0.2, 0.25) is 0 Å². The molecule has 0 amide bonds.